The molecule has 0 radical (unpaired) electrons. The van der Waals surface area contributed by atoms with Gasteiger partial charge in [-0.25, -0.2) is 4.98 Å². The third-order valence-corrected chi connectivity index (χ3v) is 7.65. The number of aryl methyl sites for hydroxylation is 1. The third-order valence-electron chi connectivity index (χ3n) is 5.46. The lowest BCUT2D eigenvalue weighted by Crippen LogP contribution is -2.30. The molecule has 0 saturated heterocycles. The SMILES string of the molecule is CCCN1CCc2c(sc(NC(=O)c3ccnn3C)c2-c2nc3ccccc3s2)C1. The standard InChI is InChI=1S/C22H23N5OS2/c1-3-11-27-12-9-14-18(13-27)30-22(25-20(28)16-8-10-23-26(16)2)19(14)21-24-15-6-4-5-7-17(15)29-21/h4-8,10H,3,9,11-13H2,1-2H3,(H,25,28). The number of hydrogen-bond acceptors (Lipinski definition) is 6. The molecular formula is C22H23N5OS2. The van der Waals surface area contributed by atoms with E-state index >= 15 is 0 Å². The summed E-state index contributed by atoms with van der Waals surface area (Å²) in [6.07, 6.45) is 3.78. The zero-order chi connectivity index (χ0) is 20.7. The molecule has 0 aliphatic carbocycles. The topological polar surface area (TPSA) is 63.1 Å². The summed E-state index contributed by atoms with van der Waals surface area (Å²) in [7, 11) is 1.78. The van der Waals surface area contributed by atoms with E-state index in [2.05, 4.69) is 28.3 Å². The van der Waals surface area contributed by atoms with Crippen molar-refractivity contribution in [2.24, 2.45) is 7.05 Å². The molecule has 0 fully saturated rings. The molecule has 1 aliphatic rings. The first-order valence-electron chi connectivity index (χ1n) is 10.2. The summed E-state index contributed by atoms with van der Waals surface area (Å²) >= 11 is 3.39. The van der Waals surface area contributed by atoms with Crippen LogP contribution >= 0.6 is 22.7 Å². The number of thiophene rings is 1. The molecule has 5 rings (SSSR count). The van der Waals surface area contributed by atoms with Crippen LogP contribution in [-0.2, 0) is 20.0 Å². The Hall–Kier alpha value is -2.55. The number of nitrogens with zero attached hydrogens (tertiary/aromatic N) is 4. The van der Waals surface area contributed by atoms with E-state index in [-0.39, 0.29) is 5.91 Å². The van der Waals surface area contributed by atoms with Gasteiger partial charge in [0.1, 0.15) is 15.7 Å². The van der Waals surface area contributed by atoms with E-state index in [9.17, 15) is 4.79 Å². The summed E-state index contributed by atoms with van der Waals surface area (Å²) in [6, 6.07) is 9.95. The molecule has 6 nitrogen and oxygen atoms in total. The largest absolute Gasteiger partial charge is 0.312 e. The second-order valence-corrected chi connectivity index (χ2v) is 9.65. The molecular weight excluding hydrogens is 414 g/mol. The van der Waals surface area contributed by atoms with E-state index in [1.54, 1.807) is 46.7 Å². The van der Waals surface area contributed by atoms with E-state index in [0.717, 1.165) is 53.6 Å². The number of anilines is 1. The van der Waals surface area contributed by atoms with Gasteiger partial charge in [0.05, 0.1) is 10.2 Å². The molecule has 4 aromatic rings. The van der Waals surface area contributed by atoms with Crippen LogP contribution in [0.2, 0.25) is 0 Å². The maximum Gasteiger partial charge on any atom is 0.274 e. The fraction of sp³-hybridized carbons (Fsp3) is 0.318. The molecule has 30 heavy (non-hydrogen) atoms. The molecule has 0 saturated carbocycles. The van der Waals surface area contributed by atoms with Gasteiger partial charge >= 0.3 is 0 Å². The van der Waals surface area contributed by atoms with Crippen molar-refractivity contribution in [2.45, 2.75) is 26.3 Å². The molecule has 1 aliphatic heterocycles. The monoisotopic (exact) mass is 437 g/mol. The fourth-order valence-electron chi connectivity index (χ4n) is 4.02. The van der Waals surface area contributed by atoms with Gasteiger partial charge in [-0.2, -0.15) is 5.10 Å². The first-order valence-corrected chi connectivity index (χ1v) is 11.8. The highest BCUT2D eigenvalue weighted by molar-refractivity contribution is 7.22. The molecule has 0 unspecified atom stereocenters. The van der Waals surface area contributed by atoms with Crippen LogP contribution in [0.5, 0.6) is 0 Å². The second kappa shape index (κ2) is 7.94. The van der Waals surface area contributed by atoms with Gasteiger partial charge in [-0.05, 0) is 43.1 Å². The third kappa shape index (κ3) is 3.45. The smallest absolute Gasteiger partial charge is 0.274 e. The predicted octanol–water partition coefficient (Wildman–Crippen LogP) is 4.78. The number of nitrogens with one attached hydrogen (secondary N) is 1. The Morgan fingerprint density at radius 2 is 2.10 bits per heavy atom. The highest BCUT2D eigenvalue weighted by atomic mass is 32.1. The van der Waals surface area contributed by atoms with Crippen LogP contribution in [0.25, 0.3) is 20.8 Å². The summed E-state index contributed by atoms with van der Waals surface area (Å²) in [5.74, 6) is -0.138. The van der Waals surface area contributed by atoms with Crippen LogP contribution in [-0.4, -0.2) is 38.7 Å². The molecule has 1 aromatic carbocycles. The average molecular weight is 438 g/mol. The quantitative estimate of drug-likeness (QED) is 0.488. The fourth-order valence-corrected chi connectivity index (χ4v) is 6.42. The van der Waals surface area contributed by atoms with Gasteiger partial charge < -0.3 is 5.32 Å². The maximum absolute atomic E-state index is 12.9. The summed E-state index contributed by atoms with van der Waals surface area (Å²) in [5, 5.41) is 9.17. The van der Waals surface area contributed by atoms with Crippen LogP contribution in [0.4, 0.5) is 5.00 Å². The molecule has 4 heterocycles. The zero-order valence-corrected chi connectivity index (χ0v) is 18.6. The first kappa shape index (κ1) is 19.4. The number of para-hydroxylation sites is 1. The van der Waals surface area contributed by atoms with E-state index in [0.29, 0.717) is 5.69 Å². The Morgan fingerprint density at radius 1 is 1.23 bits per heavy atom. The predicted molar refractivity (Wildman–Crippen MR) is 123 cm³/mol. The Balaban J connectivity index is 1.58. The first-order chi connectivity index (χ1) is 14.6. The Kier molecular flexibility index (Phi) is 5.14. The highest BCUT2D eigenvalue weighted by Gasteiger charge is 2.28. The van der Waals surface area contributed by atoms with E-state index in [1.807, 2.05) is 18.2 Å². The van der Waals surface area contributed by atoms with Crippen molar-refractivity contribution in [2.75, 3.05) is 18.4 Å². The lowest BCUT2D eigenvalue weighted by atomic mass is 10.0. The van der Waals surface area contributed by atoms with Gasteiger partial charge in [0.25, 0.3) is 5.91 Å². The lowest BCUT2D eigenvalue weighted by Gasteiger charge is -2.26. The van der Waals surface area contributed by atoms with Gasteiger partial charge in [-0.15, -0.1) is 22.7 Å². The summed E-state index contributed by atoms with van der Waals surface area (Å²) in [6.45, 7) is 5.30. The normalized spacial score (nSPS) is 14.2. The Morgan fingerprint density at radius 3 is 2.87 bits per heavy atom. The number of rotatable bonds is 5. The van der Waals surface area contributed by atoms with Gasteiger partial charge in [-0.1, -0.05) is 19.1 Å². The Labute approximate surface area is 183 Å². The number of fused-ring (bicyclic) bond motifs is 2. The summed E-state index contributed by atoms with van der Waals surface area (Å²) in [5.41, 5.74) is 3.99. The van der Waals surface area contributed by atoms with Crippen molar-refractivity contribution in [1.82, 2.24) is 19.7 Å². The van der Waals surface area contributed by atoms with Crippen molar-refractivity contribution in [3.8, 4) is 10.6 Å². The Bertz CT molecular complexity index is 1190. The van der Waals surface area contributed by atoms with E-state index < -0.39 is 0 Å². The number of amides is 1. The number of thiazole rings is 1. The van der Waals surface area contributed by atoms with Crippen molar-refractivity contribution in [3.63, 3.8) is 0 Å². The molecule has 0 bridgehead atoms. The molecule has 8 heteroatoms. The molecule has 0 spiro atoms. The van der Waals surface area contributed by atoms with E-state index in [1.165, 1.54) is 15.1 Å². The summed E-state index contributed by atoms with van der Waals surface area (Å²) < 4.78 is 2.77. The molecule has 154 valence electrons. The second-order valence-electron chi connectivity index (χ2n) is 7.51. The molecule has 1 amide bonds. The number of carbonyl (C=O) groups is 1. The minimum Gasteiger partial charge on any atom is -0.312 e. The highest BCUT2D eigenvalue weighted by Crippen LogP contribution is 2.45. The minimum absolute atomic E-state index is 0.138. The number of aromatic nitrogens is 3. The van der Waals surface area contributed by atoms with Gasteiger partial charge in [0, 0.05) is 36.8 Å². The molecule has 0 atom stereocenters. The lowest BCUT2D eigenvalue weighted by molar-refractivity contribution is 0.101. The van der Waals surface area contributed by atoms with Gasteiger partial charge in [-0.3, -0.25) is 14.4 Å². The van der Waals surface area contributed by atoms with Crippen LogP contribution in [0.3, 0.4) is 0 Å². The maximum atomic E-state index is 12.9. The van der Waals surface area contributed by atoms with Crippen LogP contribution in [0.15, 0.2) is 36.5 Å². The zero-order valence-electron chi connectivity index (χ0n) is 17.0. The van der Waals surface area contributed by atoms with Crippen molar-refractivity contribution >= 4 is 43.8 Å². The van der Waals surface area contributed by atoms with Gasteiger partial charge in [0.2, 0.25) is 0 Å². The van der Waals surface area contributed by atoms with Crippen molar-refractivity contribution < 1.29 is 4.79 Å². The van der Waals surface area contributed by atoms with Crippen LogP contribution in [0, 0.1) is 0 Å². The average Bonchev–Trinajstić information content (AvgIpc) is 3.43. The van der Waals surface area contributed by atoms with Crippen molar-refractivity contribution in [1.29, 1.82) is 0 Å². The van der Waals surface area contributed by atoms with Crippen LogP contribution in [0.1, 0.15) is 34.3 Å². The minimum atomic E-state index is -0.138. The molecule has 3 aromatic heterocycles. The van der Waals surface area contributed by atoms with E-state index in [4.69, 9.17) is 4.98 Å². The van der Waals surface area contributed by atoms with Crippen molar-refractivity contribution in [3.05, 3.63) is 52.7 Å². The number of carbonyl (C=O) groups excluding carboxylic acids is 1. The summed E-state index contributed by atoms with van der Waals surface area (Å²) in [4.78, 5) is 21.7. The van der Waals surface area contributed by atoms with Crippen LogP contribution < -0.4 is 5.32 Å². The molecule has 1 N–H and O–H groups in total. The number of hydrogen-bond donors (Lipinski definition) is 1. The van der Waals surface area contributed by atoms with Gasteiger partial charge in [0.15, 0.2) is 0 Å². The number of benzene rings is 1.